The number of halogens is 1. The summed E-state index contributed by atoms with van der Waals surface area (Å²) >= 11 is 6.84. The number of furan rings is 1. The van der Waals surface area contributed by atoms with Crippen molar-refractivity contribution in [1.82, 2.24) is 9.97 Å². The van der Waals surface area contributed by atoms with Gasteiger partial charge in [0.05, 0.1) is 15.8 Å². The molecule has 0 aliphatic rings. The maximum absolute atomic E-state index is 6.19. The molecule has 4 aromatic heterocycles. The van der Waals surface area contributed by atoms with Crippen LogP contribution in [0, 0.1) is 0 Å². The van der Waals surface area contributed by atoms with Crippen molar-refractivity contribution in [2.45, 2.75) is 0 Å². The zero-order valence-corrected chi connectivity index (χ0v) is 17.1. The molecule has 0 saturated heterocycles. The maximum Gasteiger partial charge on any atom is 0.232 e. The molecule has 5 aromatic rings. The zero-order chi connectivity index (χ0) is 18.2. The largest absolute Gasteiger partial charge is 0.436 e. The molecule has 27 heavy (non-hydrogen) atoms. The predicted octanol–water partition coefficient (Wildman–Crippen LogP) is 7.19. The monoisotopic (exact) mass is 453 g/mol. The Labute approximate surface area is 171 Å². The van der Waals surface area contributed by atoms with Gasteiger partial charge in [-0.3, -0.25) is 0 Å². The van der Waals surface area contributed by atoms with Crippen LogP contribution in [0.15, 0.2) is 74.5 Å². The highest BCUT2D eigenvalue weighted by atomic mass is 79.9. The van der Waals surface area contributed by atoms with E-state index in [-0.39, 0.29) is 0 Å². The van der Waals surface area contributed by atoms with Crippen LogP contribution in [0.2, 0.25) is 0 Å². The molecule has 0 saturated carbocycles. The van der Waals surface area contributed by atoms with Crippen LogP contribution >= 0.6 is 38.6 Å². The van der Waals surface area contributed by atoms with Gasteiger partial charge >= 0.3 is 0 Å². The van der Waals surface area contributed by atoms with Crippen LogP contribution in [0.3, 0.4) is 0 Å². The number of thiophene rings is 2. The zero-order valence-electron chi connectivity index (χ0n) is 13.8. The van der Waals surface area contributed by atoms with E-state index in [1.54, 1.807) is 22.7 Å². The molecule has 5 rings (SSSR count). The van der Waals surface area contributed by atoms with E-state index >= 15 is 0 Å². The normalized spacial score (nSPS) is 11.1. The van der Waals surface area contributed by atoms with Crippen molar-refractivity contribution in [3.8, 4) is 21.1 Å². The van der Waals surface area contributed by atoms with Gasteiger partial charge in [-0.1, -0.05) is 34.1 Å². The summed E-state index contributed by atoms with van der Waals surface area (Å²) in [6, 6.07) is 16.2. The van der Waals surface area contributed by atoms with Crippen molar-refractivity contribution in [3.63, 3.8) is 0 Å². The Hall–Kier alpha value is -2.48. The van der Waals surface area contributed by atoms with Gasteiger partial charge in [-0.25, -0.2) is 9.97 Å². The first-order valence-electron chi connectivity index (χ1n) is 8.17. The molecule has 0 aliphatic heterocycles. The summed E-state index contributed by atoms with van der Waals surface area (Å²) < 4.78 is 7.19. The molecule has 0 fully saturated rings. The van der Waals surface area contributed by atoms with E-state index in [4.69, 9.17) is 4.42 Å². The molecule has 0 unspecified atom stereocenters. The highest BCUT2D eigenvalue weighted by molar-refractivity contribution is 9.10. The van der Waals surface area contributed by atoms with Crippen LogP contribution < -0.4 is 5.32 Å². The van der Waals surface area contributed by atoms with Gasteiger partial charge in [0.15, 0.2) is 5.76 Å². The molecule has 0 spiro atoms. The third-order valence-corrected chi connectivity index (χ3v) is 6.34. The third kappa shape index (κ3) is 3.07. The molecule has 0 atom stereocenters. The second-order valence-corrected chi connectivity index (χ2v) is 8.61. The third-order valence-electron chi connectivity index (χ3n) is 4.09. The van der Waals surface area contributed by atoms with Gasteiger partial charge in [-0.2, -0.15) is 0 Å². The lowest BCUT2D eigenvalue weighted by Gasteiger charge is -2.07. The van der Waals surface area contributed by atoms with Gasteiger partial charge < -0.3 is 9.73 Å². The number of fused-ring (bicyclic) bond motifs is 1. The van der Waals surface area contributed by atoms with Gasteiger partial charge in [0.2, 0.25) is 5.71 Å². The summed E-state index contributed by atoms with van der Waals surface area (Å²) in [7, 11) is 0. The molecule has 0 aliphatic carbocycles. The lowest BCUT2D eigenvalue weighted by molar-refractivity contribution is 0.620. The van der Waals surface area contributed by atoms with Crippen molar-refractivity contribution < 1.29 is 4.42 Å². The molecule has 0 amide bonds. The predicted molar refractivity (Wildman–Crippen MR) is 116 cm³/mol. The number of benzene rings is 1. The molecular formula is C20H12BrN3OS2. The summed E-state index contributed by atoms with van der Waals surface area (Å²) in [6.07, 6.45) is 1.53. The lowest BCUT2D eigenvalue weighted by Crippen LogP contribution is -1.95. The summed E-state index contributed by atoms with van der Waals surface area (Å²) in [5.74, 6) is 1.56. The van der Waals surface area contributed by atoms with Crippen molar-refractivity contribution in [1.29, 1.82) is 0 Å². The van der Waals surface area contributed by atoms with Crippen LogP contribution in [0.25, 0.3) is 32.2 Å². The first-order valence-corrected chi connectivity index (χ1v) is 10.7. The fourth-order valence-electron chi connectivity index (χ4n) is 2.97. The topological polar surface area (TPSA) is 51.0 Å². The van der Waals surface area contributed by atoms with E-state index in [2.05, 4.69) is 48.7 Å². The number of hydrogen-bond acceptors (Lipinski definition) is 6. The van der Waals surface area contributed by atoms with E-state index in [1.807, 2.05) is 41.8 Å². The first kappa shape index (κ1) is 16.7. The standard InChI is InChI=1S/C20H12BrN3OS2/c21-12-4-1-5-13(10-12)24-19-17-16(14-6-2-8-26-14)18(15-7-3-9-27-15)25-20(17)23-11-22-19/h1-11H,(H,22,23,24). The smallest absolute Gasteiger partial charge is 0.232 e. The second kappa shape index (κ2) is 6.92. The summed E-state index contributed by atoms with van der Waals surface area (Å²) in [5, 5.41) is 8.42. The Morgan fingerprint density at radius 3 is 2.48 bits per heavy atom. The second-order valence-electron chi connectivity index (χ2n) is 5.80. The highest BCUT2D eigenvalue weighted by Crippen LogP contribution is 2.45. The molecule has 7 heteroatoms. The molecule has 4 heterocycles. The molecule has 0 bridgehead atoms. The van der Waals surface area contributed by atoms with Gasteiger partial charge in [0.1, 0.15) is 12.1 Å². The Morgan fingerprint density at radius 1 is 0.926 bits per heavy atom. The van der Waals surface area contributed by atoms with Gasteiger partial charge in [-0.15, -0.1) is 22.7 Å². The molecule has 1 aromatic carbocycles. The molecule has 1 N–H and O–H groups in total. The number of nitrogens with one attached hydrogen (secondary N) is 1. The fraction of sp³-hybridized carbons (Fsp3) is 0. The van der Waals surface area contributed by atoms with Crippen LogP contribution in [0.1, 0.15) is 0 Å². The molecular weight excluding hydrogens is 442 g/mol. The van der Waals surface area contributed by atoms with Crippen LogP contribution in [-0.4, -0.2) is 9.97 Å². The van der Waals surface area contributed by atoms with E-state index in [9.17, 15) is 0 Å². The number of aromatic nitrogens is 2. The number of rotatable bonds is 4. The number of anilines is 2. The van der Waals surface area contributed by atoms with Crippen molar-refractivity contribution >= 4 is 61.2 Å². The summed E-state index contributed by atoms with van der Waals surface area (Å²) in [4.78, 5) is 11.1. The van der Waals surface area contributed by atoms with E-state index in [0.717, 1.165) is 42.4 Å². The van der Waals surface area contributed by atoms with Crippen LogP contribution in [0.5, 0.6) is 0 Å². The Morgan fingerprint density at radius 2 is 1.74 bits per heavy atom. The van der Waals surface area contributed by atoms with Gasteiger partial charge in [0.25, 0.3) is 0 Å². The maximum atomic E-state index is 6.19. The molecule has 132 valence electrons. The first-order chi connectivity index (χ1) is 13.3. The SMILES string of the molecule is Brc1cccc(Nc2ncnc3oc(-c4cccs4)c(-c4cccs4)c23)c1. The van der Waals surface area contributed by atoms with Crippen LogP contribution in [0.4, 0.5) is 11.5 Å². The van der Waals surface area contributed by atoms with E-state index in [0.29, 0.717) is 5.71 Å². The summed E-state index contributed by atoms with van der Waals surface area (Å²) in [6.45, 7) is 0. The van der Waals surface area contributed by atoms with E-state index < -0.39 is 0 Å². The van der Waals surface area contributed by atoms with Crippen LogP contribution in [-0.2, 0) is 0 Å². The fourth-order valence-corrected chi connectivity index (χ4v) is 4.85. The highest BCUT2D eigenvalue weighted by Gasteiger charge is 2.23. The minimum atomic E-state index is 0.578. The average Bonchev–Trinajstić information content (AvgIpc) is 3.41. The van der Waals surface area contributed by atoms with Crippen molar-refractivity contribution in [3.05, 3.63) is 70.1 Å². The molecule has 0 radical (unpaired) electrons. The van der Waals surface area contributed by atoms with E-state index in [1.165, 1.54) is 6.33 Å². The minimum absolute atomic E-state index is 0.578. The van der Waals surface area contributed by atoms with Gasteiger partial charge in [0, 0.05) is 15.0 Å². The van der Waals surface area contributed by atoms with Crippen molar-refractivity contribution in [2.75, 3.05) is 5.32 Å². The Balaban J connectivity index is 1.76. The Kier molecular flexibility index (Phi) is 4.27. The summed E-state index contributed by atoms with van der Waals surface area (Å²) in [5.41, 5.74) is 2.55. The average molecular weight is 454 g/mol. The Bertz CT molecular complexity index is 1210. The quantitative estimate of drug-likeness (QED) is 0.312. The minimum Gasteiger partial charge on any atom is -0.436 e. The lowest BCUT2D eigenvalue weighted by atomic mass is 10.1. The van der Waals surface area contributed by atoms with Crippen molar-refractivity contribution in [2.24, 2.45) is 0 Å². The molecule has 4 nitrogen and oxygen atoms in total. The number of hydrogen-bond donors (Lipinski definition) is 1. The van der Waals surface area contributed by atoms with Gasteiger partial charge in [-0.05, 0) is 41.1 Å². The number of nitrogens with zero attached hydrogens (tertiary/aromatic N) is 2.